The zero-order chi connectivity index (χ0) is 21.3. The van der Waals surface area contributed by atoms with Gasteiger partial charge < -0.3 is 10.2 Å². The minimum absolute atomic E-state index is 0.0976. The van der Waals surface area contributed by atoms with E-state index in [2.05, 4.69) is 11.9 Å². The van der Waals surface area contributed by atoms with Crippen molar-refractivity contribution in [2.24, 2.45) is 0 Å². The van der Waals surface area contributed by atoms with Crippen LogP contribution in [0, 0.1) is 5.82 Å². The van der Waals surface area contributed by atoms with Crippen molar-refractivity contribution in [3.63, 3.8) is 0 Å². The second-order valence-corrected chi connectivity index (χ2v) is 6.82. The van der Waals surface area contributed by atoms with Gasteiger partial charge in [0.1, 0.15) is 5.82 Å². The minimum Gasteiger partial charge on any atom is -0.352 e. The van der Waals surface area contributed by atoms with E-state index in [0.717, 1.165) is 11.1 Å². The number of carbonyl (C=O) groups excluding carboxylic acids is 2. The van der Waals surface area contributed by atoms with Crippen molar-refractivity contribution in [3.8, 4) is 0 Å². The molecule has 0 aromatic heterocycles. The molecule has 152 valence electrons. The van der Waals surface area contributed by atoms with Crippen molar-refractivity contribution in [3.05, 3.63) is 114 Å². The van der Waals surface area contributed by atoms with Crippen molar-refractivity contribution >= 4 is 17.5 Å². The molecule has 0 bridgehead atoms. The van der Waals surface area contributed by atoms with Crippen LogP contribution in [0.1, 0.15) is 21.5 Å². The highest BCUT2D eigenvalue weighted by molar-refractivity contribution is 6.06. The summed E-state index contributed by atoms with van der Waals surface area (Å²) in [7, 11) is 0. The van der Waals surface area contributed by atoms with E-state index in [1.54, 1.807) is 29.2 Å². The summed E-state index contributed by atoms with van der Waals surface area (Å²) in [5.74, 6) is -0.851. The van der Waals surface area contributed by atoms with E-state index in [1.807, 2.05) is 42.5 Å². The Bertz CT molecular complexity index is 1020. The fourth-order valence-electron chi connectivity index (χ4n) is 3.05. The lowest BCUT2D eigenvalue weighted by Crippen LogP contribution is -2.30. The summed E-state index contributed by atoms with van der Waals surface area (Å²) in [5.41, 5.74) is 2.73. The number of nitrogens with zero attached hydrogens (tertiary/aromatic N) is 1. The Labute approximate surface area is 175 Å². The van der Waals surface area contributed by atoms with Crippen LogP contribution in [-0.4, -0.2) is 18.4 Å². The molecule has 5 heteroatoms. The van der Waals surface area contributed by atoms with E-state index in [0.29, 0.717) is 18.8 Å². The number of rotatable bonds is 8. The molecule has 0 heterocycles. The van der Waals surface area contributed by atoms with Crippen LogP contribution >= 0.6 is 0 Å². The monoisotopic (exact) mass is 402 g/mol. The van der Waals surface area contributed by atoms with Crippen molar-refractivity contribution < 1.29 is 14.0 Å². The van der Waals surface area contributed by atoms with Gasteiger partial charge in [-0.05, 0) is 41.5 Å². The molecule has 0 saturated heterocycles. The summed E-state index contributed by atoms with van der Waals surface area (Å²) in [6.45, 7) is 4.34. The van der Waals surface area contributed by atoms with Gasteiger partial charge in [0.2, 0.25) is 5.91 Å². The number of amides is 2. The molecular weight excluding hydrogens is 379 g/mol. The van der Waals surface area contributed by atoms with Crippen molar-refractivity contribution in [1.29, 1.82) is 0 Å². The fourth-order valence-corrected chi connectivity index (χ4v) is 3.05. The molecule has 0 aliphatic heterocycles. The quantitative estimate of drug-likeness (QED) is 0.564. The highest BCUT2D eigenvalue weighted by atomic mass is 19.1. The van der Waals surface area contributed by atoms with Crippen molar-refractivity contribution in [2.45, 2.75) is 13.0 Å². The zero-order valence-corrected chi connectivity index (χ0v) is 16.6. The SMILES string of the molecule is C=CCNC(=O)Cc1ccc(N(Cc2ccccc2)C(=O)c2cccc(F)c2)cc1. The number of halogens is 1. The Morgan fingerprint density at radius 2 is 1.67 bits per heavy atom. The molecule has 30 heavy (non-hydrogen) atoms. The molecule has 0 atom stereocenters. The third-order valence-electron chi connectivity index (χ3n) is 4.56. The molecule has 3 aromatic rings. The average molecular weight is 402 g/mol. The molecule has 0 spiro atoms. The summed E-state index contributed by atoms with van der Waals surface area (Å²) in [4.78, 5) is 26.7. The predicted octanol–water partition coefficient (Wildman–Crippen LogP) is 4.52. The normalized spacial score (nSPS) is 10.3. The van der Waals surface area contributed by atoms with Gasteiger partial charge in [-0.15, -0.1) is 6.58 Å². The zero-order valence-electron chi connectivity index (χ0n) is 16.6. The molecule has 1 N–H and O–H groups in total. The minimum atomic E-state index is -0.457. The predicted molar refractivity (Wildman–Crippen MR) is 117 cm³/mol. The van der Waals surface area contributed by atoms with Gasteiger partial charge in [-0.25, -0.2) is 4.39 Å². The van der Waals surface area contributed by atoms with Crippen LogP contribution in [0.25, 0.3) is 0 Å². The van der Waals surface area contributed by atoms with Crippen LogP contribution in [0.15, 0.2) is 91.5 Å². The van der Waals surface area contributed by atoms with E-state index in [-0.39, 0.29) is 23.8 Å². The van der Waals surface area contributed by atoms with Crippen LogP contribution in [0.5, 0.6) is 0 Å². The molecule has 0 saturated carbocycles. The molecule has 0 fully saturated rings. The maximum atomic E-state index is 13.7. The van der Waals surface area contributed by atoms with Gasteiger partial charge >= 0.3 is 0 Å². The number of carbonyl (C=O) groups is 2. The Balaban J connectivity index is 1.85. The van der Waals surface area contributed by atoms with Crippen molar-refractivity contribution in [2.75, 3.05) is 11.4 Å². The molecular formula is C25H23FN2O2. The Kier molecular flexibility index (Phi) is 7.11. The maximum Gasteiger partial charge on any atom is 0.258 e. The molecule has 3 rings (SSSR count). The highest BCUT2D eigenvalue weighted by Gasteiger charge is 2.19. The standard InChI is InChI=1S/C25H23FN2O2/c1-2-15-27-24(29)16-19-11-13-23(14-12-19)28(18-20-7-4-3-5-8-20)25(30)21-9-6-10-22(26)17-21/h2-14,17H,1,15-16,18H2,(H,27,29). The summed E-state index contributed by atoms with van der Waals surface area (Å²) in [6, 6.07) is 22.5. The Morgan fingerprint density at radius 3 is 2.33 bits per heavy atom. The summed E-state index contributed by atoms with van der Waals surface area (Å²) >= 11 is 0. The number of benzene rings is 3. The van der Waals surface area contributed by atoms with Gasteiger partial charge in [0.05, 0.1) is 13.0 Å². The van der Waals surface area contributed by atoms with Crippen LogP contribution in [0.2, 0.25) is 0 Å². The van der Waals surface area contributed by atoms with Gasteiger partial charge in [0.25, 0.3) is 5.91 Å². The highest BCUT2D eigenvalue weighted by Crippen LogP contribution is 2.22. The Morgan fingerprint density at radius 1 is 0.933 bits per heavy atom. The molecule has 0 radical (unpaired) electrons. The van der Waals surface area contributed by atoms with Crippen LogP contribution < -0.4 is 10.2 Å². The smallest absolute Gasteiger partial charge is 0.258 e. The third kappa shape index (κ3) is 5.64. The molecule has 0 aliphatic rings. The first-order valence-corrected chi connectivity index (χ1v) is 9.64. The first kappa shape index (κ1) is 21.0. The van der Waals surface area contributed by atoms with Gasteiger partial charge in [0, 0.05) is 17.8 Å². The van der Waals surface area contributed by atoms with Gasteiger partial charge in [-0.1, -0.05) is 54.6 Å². The van der Waals surface area contributed by atoms with Gasteiger partial charge in [-0.3, -0.25) is 9.59 Å². The summed E-state index contributed by atoms with van der Waals surface area (Å²) in [5, 5.41) is 2.74. The lowest BCUT2D eigenvalue weighted by Gasteiger charge is -2.23. The number of hydrogen-bond donors (Lipinski definition) is 1. The number of anilines is 1. The molecule has 0 unspecified atom stereocenters. The third-order valence-corrected chi connectivity index (χ3v) is 4.56. The van der Waals surface area contributed by atoms with Gasteiger partial charge in [0.15, 0.2) is 0 Å². The van der Waals surface area contributed by atoms with Crippen LogP contribution in [-0.2, 0) is 17.8 Å². The number of hydrogen-bond acceptors (Lipinski definition) is 2. The van der Waals surface area contributed by atoms with E-state index >= 15 is 0 Å². The first-order valence-electron chi connectivity index (χ1n) is 9.64. The molecule has 3 aromatic carbocycles. The molecule has 4 nitrogen and oxygen atoms in total. The summed E-state index contributed by atoms with van der Waals surface area (Å²) < 4.78 is 13.7. The van der Waals surface area contributed by atoms with E-state index in [4.69, 9.17) is 0 Å². The second kappa shape index (κ2) is 10.2. The van der Waals surface area contributed by atoms with E-state index in [9.17, 15) is 14.0 Å². The van der Waals surface area contributed by atoms with Crippen molar-refractivity contribution in [1.82, 2.24) is 5.32 Å². The largest absolute Gasteiger partial charge is 0.352 e. The van der Waals surface area contributed by atoms with Crippen LogP contribution in [0.3, 0.4) is 0 Å². The Hall–Kier alpha value is -3.73. The van der Waals surface area contributed by atoms with E-state index in [1.165, 1.54) is 18.2 Å². The molecule has 0 aliphatic carbocycles. The average Bonchev–Trinajstić information content (AvgIpc) is 2.77. The summed E-state index contributed by atoms with van der Waals surface area (Å²) in [6.07, 6.45) is 1.87. The van der Waals surface area contributed by atoms with Crippen LogP contribution in [0.4, 0.5) is 10.1 Å². The van der Waals surface area contributed by atoms with Gasteiger partial charge in [-0.2, -0.15) is 0 Å². The molecule has 2 amide bonds. The maximum absolute atomic E-state index is 13.7. The lowest BCUT2D eigenvalue weighted by atomic mass is 10.1. The lowest BCUT2D eigenvalue weighted by molar-refractivity contribution is -0.120. The second-order valence-electron chi connectivity index (χ2n) is 6.82. The number of nitrogens with one attached hydrogen (secondary N) is 1. The topological polar surface area (TPSA) is 49.4 Å². The van der Waals surface area contributed by atoms with E-state index < -0.39 is 5.82 Å². The fraction of sp³-hybridized carbons (Fsp3) is 0.120. The first-order chi connectivity index (χ1) is 14.6.